The van der Waals surface area contributed by atoms with E-state index in [4.69, 9.17) is 0 Å². The number of benzene rings is 3. The monoisotopic (exact) mass is 398 g/mol. The number of amides is 1. The van der Waals surface area contributed by atoms with Crippen LogP contribution in [0.15, 0.2) is 78.9 Å². The molecule has 2 atom stereocenters. The first-order valence-corrected chi connectivity index (χ1v) is 10.7. The fourth-order valence-corrected chi connectivity index (χ4v) is 3.78. The van der Waals surface area contributed by atoms with Crippen LogP contribution < -0.4 is 10.6 Å². The van der Waals surface area contributed by atoms with E-state index in [9.17, 15) is 4.79 Å². The van der Waals surface area contributed by atoms with Crippen molar-refractivity contribution >= 4 is 11.6 Å². The summed E-state index contributed by atoms with van der Waals surface area (Å²) >= 11 is 0. The van der Waals surface area contributed by atoms with Gasteiger partial charge in [-0.3, -0.25) is 4.79 Å². The summed E-state index contributed by atoms with van der Waals surface area (Å²) in [5, 5.41) is 6.66. The SMILES string of the molecule is CC(C)(C)c1cccc(C(=O)Nc2ccc([C@@H]3C[C@H]3NCc3ccccc3)cc2)c1. The van der Waals surface area contributed by atoms with Crippen molar-refractivity contribution < 1.29 is 4.79 Å². The van der Waals surface area contributed by atoms with Gasteiger partial charge >= 0.3 is 0 Å². The number of carbonyl (C=O) groups excluding carboxylic acids is 1. The van der Waals surface area contributed by atoms with Gasteiger partial charge in [0.25, 0.3) is 5.91 Å². The van der Waals surface area contributed by atoms with Crippen LogP contribution in [0.3, 0.4) is 0 Å². The van der Waals surface area contributed by atoms with Gasteiger partial charge in [0.1, 0.15) is 0 Å². The zero-order chi connectivity index (χ0) is 21.1. The molecular weight excluding hydrogens is 368 g/mol. The molecule has 0 spiro atoms. The average Bonchev–Trinajstić information content (AvgIpc) is 3.53. The highest BCUT2D eigenvalue weighted by atomic mass is 16.1. The van der Waals surface area contributed by atoms with Crippen LogP contribution in [0.5, 0.6) is 0 Å². The fourth-order valence-electron chi connectivity index (χ4n) is 3.78. The van der Waals surface area contributed by atoms with Crippen molar-refractivity contribution in [2.45, 2.75) is 51.1 Å². The summed E-state index contributed by atoms with van der Waals surface area (Å²) in [5.74, 6) is 0.490. The number of nitrogens with one attached hydrogen (secondary N) is 2. The Hall–Kier alpha value is -2.91. The van der Waals surface area contributed by atoms with E-state index < -0.39 is 0 Å². The molecule has 1 aliphatic carbocycles. The molecule has 0 aliphatic heterocycles. The highest BCUT2D eigenvalue weighted by Crippen LogP contribution is 2.41. The maximum absolute atomic E-state index is 12.7. The molecular formula is C27H30N2O. The van der Waals surface area contributed by atoms with E-state index in [2.05, 4.69) is 73.9 Å². The number of anilines is 1. The molecule has 154 valence electrons. The summed E-state index contributed by atoms with van der Waals surface area (Å²) in [7, 11) is 0. The van der Waals surface area contributed by atoms with E-state index in [1.54, 1.807) is 0 Å². The molecule has 1 aliphatic rings. The molecule has 1 fully saturated rings. The third-order valence-electron chi connectivity index (χ3n) is 5.79. The Morgan fingerprint density at radius 3 is 2.37 bits per heavy atom. The minimum Gasteiger partial charge on any atom is -0.322 e. The highest BCUT2D eigenvalue weighted by molar-refractivity contribution is 6.04. The topological polar surface area (TPSA) is 41.1 Å². The third kappa shape index (κ3) is 4.98. The van der Waals surface area contributed by atoms with Gasteiger partial charge in [0.05, 0.1) is 0 Å². The molecule has 3 heteroatoms. The highest BCUT2D eigenvalue weighted by Gasteiger charge is 2.37. The van der Waals surface area contributed by atoms with Gasteiger partial charge in [-0.25, -0.2) is 0 Å². The van der Waals surface area contributed by atoms with Crippen molar-refractivity contribution in [3.05, 3.63) is 101 Å². The van der Waals surface area contributed by atoms with Crippen molar-refractivity contribution in [1.82, 2.24) is 5.32 Å². The maximum Gasteiger partial charge on any atom is 0.255 e. The quantitative estimate of drug-likeness (QED) is 0.544. The van der Waals surface area contributed by atoms with Crippen LogP contribution >= 0.6 is 0 Å². The number of hydrogen-bond acceptors (Lipinski definition) is 2. The van der Waals surface area contributed by atoms with Crippen LogP contribution in [-0.4, -0.2) is 11.9 Å². The maximum atomic E-state index is 12.7. The number of hydrogen-bond donors (Lipinski definition) is 2. The predicted molar refractivity (Wildman–Crippen MR) is 124 cm³/mol. The smallest absolute Gasteiger partial charge is 0.255 e. The molecule has 0 radical (unpaired) electrons. The Morgan fingerprint density at radius 2 is 1.67 bits per heavy atom. The van der Waals surface area contributed by atoms with Crippen molar-refractivity contribution in [2.75, 3.05) is 5.32 Å². The number of rotatable bonds is 6. The first-order valence-electron chi connectivity index (χ1n) is 10.7. The van der Waals surface area contributed by atoms with E-state index in [1.807, 2.05) is 36.4 Å². The molecule has 1 amide bonds. The second kappa shape index (κ2) is 8.45. The van der Waals surface area contributed by atoms with Gasteiger partial charge in [0, 0.05) is 29.8 Å². The zero-order valence-electron chi connectivity index (χ0n) is 18.0. The lowest BCUT2D eigenvalue weighted by molar-refractivity contribution is 0.102. The summed E-state index contributed by atoms with van der Waals surface area (Å²) in [6.45, 7) is 7.37. The minimum atomic E-state index is -0.0670. The Bertz CT molecular complexity index is 1000. The molecule has 1 saturated carbocycles. The molecule has 3 nitrogen and oxygen atoms in total. The van der Waals surface area contributed by atoms with Crippen LogP contribution in [0.25, 0.3) is 0 Å². The lowest BCUT2D eigenvalue weighted by atomic mass is 9.86. The van der Waals surface area contributed by atoms with Gasteiger partial charge in [-0.1, -0.05) is 75.4 Å². The molecule has 3 aromatic rings. The molecule has 0 bridgehead atoms. The van der Waals surface area contributed by atoms with Crippen molar-refractivity contribution in [2.24, 2.45) is 0 Å². The minimum absolute atomic E-state index is 0.0211. The molecule has 3 aromatic carbocycles. The van der Waals surface area contributed by atoms with E-state index in [1.165, 1.54) is 11.1 Å². The average molecular weight is 399 g/mol. The van der Waals surface area contributed by atoms with Crippen molar-refractivity contribution in [1.29, 1.82) is 0 Å². The molecule has 0 saturated heterocycles. The zero-order valence-corrected chi connectivity index (χ0v) is 18.0. The second-order valence-electron chi connectivity index (χ2n) is 9.22. The molecule has 30 heavy (non-hydrogen) atoms. The fraction of sp³-hybridized carbons (Fsp3) is 0.296. The first kappa shape index (κ1) is 20.4. The van der Waals surface area contributed by atoms with Crippen LogP contribution in [0.2, 0.25) is 0 Å². The Kier molecular flexibility index (Phi) is 5.74. The van der Waals surface area contributed by atoms with Crippen LogP contribution in [0, 0.1) is 0 Å². The lowest BCUT2D eigenvalue weighted by Crippen LogP contribution is -2.17. The summed E-state index contributed by atoms with van der Waals surface area (Å²) in [5.41, 5.74) is 5.35. The number of carbonyl (C=O) groups is 1. The summed E-state index contributed by atoms with van der Waals surface area (Å²) in [6.07, 6.45) is 1.16. The third-order valence-corrected chi connectivity index (χ3v) is 5.79. The first-order chi connectivity index (χ1) is 14.4. The van der Waals surface area contributed by atoms with Gasteiger partial charge in [-0.15, -0.1) is 0 Å². The lowest BCUT2D eigenvalue weighted by Gasteiger charge is -2.19. The van der Waals surface area contributed by atoms with Crippen LogP contribution in [0.4, 0.5) is 5.69 Å². The van der Waals surface area contributed by atoms with E-state index in [-0.39, 0.29) is 11.3 Å². The van der Waals surface area contributed by atoms with Crippen molar-refractivity contribution in [3.63, 3.8) is 0 Å². The molecule has 0 heterocycles. The standard InChI is InChI=1S/C27H30N2O/c1-27(2,3)22-11-7-10-21(16-22)26(30)29-23-14-12-20(13-15-23)24-17-25(24)28-18-19-8-5-4-6-9-19/h4-16,24-25,28H,17-18H2,1-3H3,(H,29,30)/t24-,25+/m0/s1. The second-order valence-corrected chi connectivity index (χ2v) is 9.22. The summed E-state index contributed by atoms with van der Waals surface area (Å²) in [6, 6.07) is 27.2. The van der Waals surface area contributed by atoms with E-state index in [0.29, 0.717) is 17.5 Å². The Labute approximate surface area is 179 Å². The Balaban J connectivity index is 1.33. The van der Waals surface area contributed by atoms with Gasteiger partial charge in [-0.05, 0) is 52.8 Å². The van der Waals surface area contributed by atoms with Gasteiger partial charge in [0.2, 0.25) is 0 Å². The molecule has 4 rings (SSSR count). The summed E-state index contributed by atoms with van der Waals surface area (Å²) in [4.78, 5) is 12.7. The molecule has 0 aromatic heterocycles. The summed E-state index contributed by atoms with van der Waals surface area (Å²) < 4.78 is 0. The van der Waals surface area contributed by atoms with E-state index >= 15 is 0 Å². The largest absolute Gasteiger partial charge is 0.322 e. The van der Waals surface area contributed by atoms with Gasteiger partial charge in [-0.2, -0.15) is 0 Å². The normalized spacial score (nSPS) is 18.1. The molecule has 0 unspecified atom stereocenters. The van der Waals surface area contributed by atoms with Crippen LogP contribution in [-0.2, 0) is 12.0 Å². The van der Waals surface area contributed by atoms with Gasteiger partial charge in [0.15, 0.2) is 0 Å². The van der Waals surface area contributed by atoms with E-state index in [0.717, 1.165) is 24.2 Å². The Morgan fingerprint density at radius 1 is 0.933 bits per heavy atom. The van der Waals surface area contributed by atoms with Crippen molar-refractivity contribution in [3.8, 4) is 0 Å². The van der Waals surface area contributed by atoms with Gasteiger partial charge < -0.3 is 10.6 Å². The predicted octanol–water partition coefficient (Wildman–Crippen LogP) is 5.88. The molecule has 2 N–H and O–H groups in total. The van der Waals surface area contributed by atoms with Crippen LogP contribution in [0.1, 0.15) is 60.2 Å².